The van der Waals surface area contributed by atoms with Crippen molar-refractivity contribution in [3.63, 3.8) is 0 Å². The molecule has 2 aromatic rings. The maximum atomic E-state index is 12.7. The first-order valence-electron chi connectivity index (χ1n) is 7.70. The van der Waals surface area contributed by atoms with E-state index in [4.69, 9.17) is 4.74 Å². The number of benzene rings is 2. The number of nitrogens with one attached hydrogen (secondary N) is 2. The van der Waals surface area contributed by atoms with Crippen LogP contribution >= 0.6 is 12.4 Å². The molecule has 0 saturated heterocycles. The summed E-state index contributed by atoms with van der Waals surface area (Å²) in [6.45, 7) is 2.38. The van der Waals surface area contributed by atoms with Gasteiger partial charge < -0.3 is 15.4 Å². The van der Waals surface area contributed by atoms with Crippen LogP contribution in [0.3, 0.4) is 0 Å². The van der Waals surface area contributed by atoms with Crippen LogP contribution in [-0.4, -0.2) is 25.5 Å². The second-order valence-corrected chi connectivity index (χ2v) is 5.56. The molecule has 0 saturated carbocycles. The number of amides is 1. The monoisotopic (exact) mass is 388 g/mol. The van der Waals surface area contributed by atoms with Gasteiger partial charge in [-0.3, -0.25) is 4.79 Å². The highest BCUT2D eigenvalue weighted by atomic mass is 35.5. The number of hydrogen-bond acceptors (Lipinski definition) is 3. The fourth-order valence-electron chi connectivity index (χ4n) is 2.02. The molecule has 1 unspecified atom stereocenters. The van der Waals surface area contributed by atoms with Gasteiger partial charge in [-0.1, -0.05) is 12.1 Å². The van der Waals surface area contributed by atoms with Crippen LogP contribution in [0.1, 0.15) is 22.8 Å². The molecule has 0 fully saturated rings. The second kappa shape index (κ2) is 9.45. The summed E-state index contributed by atoms with van der Waals surface area (Å²) < 4.78 is 43.7. The minimum atomic E-state index is -4.44. The number of carbonyl (C=O) groups is 1. The Morgan fingerprint density at radius 2 is 1.73 bits per heavy atom. The van der Waals surface area contributed by atoms with Crippen LogP contribution in [0.15, 0.2) is 48.5 Å². The molecule has 26 heavy (non-hydrogen) atoms. The summed E-state index contributed by atoms with van der Waals surface area (Å²) in [4.78, 5) is 12.1. The molecule has 0 heterocycles. The van der Waals surface area contributed by atoms with Crippen molar-refractivity contribution in [3.8, 4) is 11.5 Å². The fourth-order valence-corrected chi connectivity index (χ4v) is 2.02. The Balaban J connectivity index is 0.00000338. The lowest BCUT2D eigenvalue weighted by atomic mass is 10.2. The highest BCUT2D eigenvalue weighted by Crippen LogP contribution is 2.32. The Bertz CT molecular complexity index is 738. The molecule has 142 valence electrons. The Hall–Kier alpha value is -2.25. The highest BCUT2D eigenvalue weighted by Gasteiger charge is 2.30. The van der Waals surface area contributed by atoms with Crippen LogP contribution in [0.25, 0.3) is 0 Å². The van der Waals surface area contributed by atoms with Crippen molar-refractivity contribution in [1.82, 2.24) is 10.6 Å². The van der Waals surface area contributed by atoms with Gasteiger partial charge in [-0.25, -0.2) is 0 Å². The van der Waals surface area contributed by atoms with E-state index in [1.54, 1.807) is 25.2 Å². The number of rotatable bonds is 6. The third-order valence-electron chi connectivity index (χ3n) is 3.55. The predicted octanol–water partition coefficient (Wildman–Crippen LogP) is 4.26. The summed E-state index contributed by atoms with van der Waals surface area (Å²) >= 11 is 0. The van der Waals surface area contributed by atoms with Crippen molar-refractivity contribution in [2.75, 3.05) is 13.6 Å². The lowest BCUT2D eigenvalue weighted by Gasteiger charge is -2.12. The molecular weight excluding hydrogens is 369 g/mol. The van der Waals surface area contributed by atoms with Gasteiger partial charge in [0.2, 0.25) is 0 Å². The predicted molar refractivity (Wildman–Crippen MR) is 96.1 cm³/mol. The smallest absolute Gasteiger partial charge is 0.416 e. The zero-order valence-corrected chi connectivity index (χ0v) is 15.1. The van der Waals surface area contributed by atoms with E-state index in [9.17, 15) is 18.0 Å². The van der Waals surface area contributed by atoms with Gasteiger partial charge in [0.15, 0.2) is 0 Å². The standard InChI is InChI=1S/C18H19F3N2O2.ClH/c1-12(22-2)11-23-17(24)13-5-3-7-15(9-13)25-16-8-4-6-14(10-16)18(19,20)21;/h3-10,12,22H,11H2,1-2H3,(H,23,24);1H. The molecule has 2 rings (SSSR count). The number of ether oxygens (including phenoxy) is 1. The van der Waals surface area contributed by atoms with Crippen LogP contribution in [0, 0.1) is 0 Å². The average molecular weight is 389 g/mol. The fraction of sp³-hybridized carbons (Fsp3) is 0.278. The summed E-state index contributed by atoms with van der Waals surface area (Å²) in [6, 6.07) is 11.0. The van der Waals surface area contributed by atoms with Crippen LogP contribution in [0.5, 0.6) is 11.5 Å². The van der Waals surface area contributed by atoms with E-state index >= 15 is 0 Å². The summed E-state index contributed by atoms with van der Waals surface area (Å²) in [6.07, 6.45) is -4.44. The number of halogens is 4. The minimum Gasteiger partial charge on any atom is -0.457 e. The second-order valence-electron chi connectivity index (χ2n) is 5.56. The number of alkyl halides is 3. The molecule has 1 atom stereocenters. The van der Waals surface area contributed by atoms with Gasteiger partial charge in [-0.15, -0.1) is 12.4 Å². The molecule has 0 aliphatic heterocycles. The van der Waals surface area contributed by atoms with Gasteiger partial charge in [0.25, 0.3) is 5.91 Å². The normalized spacial score (nSPS) is 12.0. The van der Waals surface area contributed by atoms with Crippen molar-refractivity contribution in [1.29, 1.82) is 0 Å². The minimum absolute atomic E-state index is 0. The van der Waals surface area contributed by atoms with Crippen LogP contribution in [0.2, 0.25) is 0 Å². The zero-order chi connectivity index (χ0) is 18.4. The maximum Gasteiger partial charge on any atom is 0.416 e. The van der Waals surface area contributed by atoms with E-state index < -0.39 is 11.7 Å². The molecule has 0 spiro atoms. The molecular formula is C18H20ClF3N2O2. The topological polar surface area (TPSA) is 50.4 Å². The average Bonchev–Trinajstić information content (AvgIpc) is 2.59. The van der Waals surface area contributed by atoms with Crippen LogP contribution in [0.4, 0.5) is 13.2 Å². The maximum absolute atomic E-state index is 12.7. The molecule has 2 aromatic carbocycles. The lowest BCUT2D eigenvalue weighted by molar-refractivity contribution is -0.137. The molecule has 0 radical (unpaired) electrons. The Morgan fingerprint density at radius 3 is 2.35 bits per heavy atom. The van der Waals surface area contributed by atoms with E-state index in [1.165, 1.54) is 18.2 Å². The Morgan fingerprint density at radius 1 is 1.12 bits per heavy atom. The molecule has 0 bridgehead atoms. The quantitative estimate of drug-likeness (QED) is 0.777. The van der Waals surface area contributed by atoms with E-state index in [0.29, 0.717) is 12.1 Å². The number of carbonyl (C=O) groups excluding carboxylic acids is 1. The van der Waals surface area contributed by atoms with Gasteiger partial charge in [-0.05, 0) is 50.4 Å². The molecule has 0 aromatic heterocycles. The summed E-state index contributed by atoms with van der Waals surface area (Å²) in [5.41, 5.74) is -0.423. The van der Waals surface area contributed by atoms with Gasteiger partial charge in [0.1, 0.15) is 11.5 Å². The van der Waals surface area contributed by atoms with E-state index in [2.05, 4.69) is 10.6 Å². The first kappa shape index (κ1) is 21.8. The first-order chi connectivity index (χ1) is 11.8. The third kappa shape index (κ3) is 6.24. The first-order valence-corrected chi connectivity index (χ1v) is 7.70. The number of likely N-dealkylation sites (N-methyl/N-ethyl adjacent to an activating group) is 1. The van der Waals surface area contributed by atoms with E-state index in [-0.39, 0.29) is 35.9 Å². The van der Waals surface area contributed by atoms with Crippen molar-refractivity contribution in [3.05, 3.63) is 59.7 Å². The lowest BCUT2D eigenvalue weighted by Crippen LogP contribution is -2.37. The third-order valence-corrected chi connectivity index (χ3v) is 3.55. The van der Waals surface area contributed by atoms with Gasteiger partial charge >= 0.3 is 6.18 Å². The van der Waals surface area contributed by atoms with Gasteiger partial charge in [0.05, 0.1) is 5.56 Å². The largest absolute Gasteiger partial charge is 0.457 e. The molecule has 1 amide bonds. The molecule has 4 nitrogen and oxygen atoms in total. The summed E-state index contributed by atoms with van der Waals surface area (Å²) in [5.74, 6) is 0.0569. The van der Waals surface area contributed by atoms with Crippen molar-refractivity contribution in [2.45, 2.75) is 19.1 Å². The van der Waals surface area contributed by atoms with Crippen LogP contribution in [-0.2, 0) is 6.18 Å². The SMILES string of the molecule is CNC(C)CNC(=O)c1cccc(Oc2cccc(C(F)(F)F)c2)c1.Cl. The number of hydrogen-bond donors (Lipinski definition) is 2. The molecule has 8 heteroatoms. The molecule has 0 aliphatic carbocycles. The molecule has 0 aliphatic rings. The van der Waals surface area contributed by atoms with Crippen molar-refractivity contribution in [2.24, 2.45) is 0 Å². The van der Waals surface area contributed by atoms with E-state index in [0.717, 1.165) is 12.1 Å². The molecule has 2 N–H and O–H groups in total. The Kier molecular flexibility index (Phi) is 7.92. The summed E-state index contributed by atoms with van der Waals surface area (Å²) in [5, 5.41) is 5.77. The summed E-state index contributed by atoms with van der Waals surface area (Å²) in [7, 11) is 1.79. The highest BCUT2D eigenvalue weighted by molar-refractivity contribution is 5.94. The van der Waals surface area contributed by atoms with Gasteiger partial charge in [-0.2, -0.15) is 13.2 Å². The van der Waals surface area contributed by atoms with Crippen molar-refractivity contribution >= 4 is 18.3 Å². The van der Waals surface area contributed by atoms with Gasteiger partial charge in [0, 0.05) is 18.2 Å². The van der Waals surface area contributed by atoms with Crippen molar-refractivity contribution < 1.29 is 22.7 Å². The van der Waals surface area contributed by atoms with Crippen LogP contribution < -0.4 is 15.4 Å². The van der Waals surface area contributed by atoms with E-state index in [1.807, 2.05) is 6.92 Å². The zero-order valence-electron chi connectivity index (χ0n) is 14.3. The Labute approximate surface area is 156 Å².